The fraction of sp³-hybridized carbons (Fsp3) is 0.421. The Bertz CT molecular complexity index is 903. The summed E-state index contributed by atoms with van der Waals surface area (Å²) in [5.41, 5.74) is 0. The number of nitrogens with one attached hydrogen (secondary N) is 1. The molecule has 0 bridgehead atoms. The number of sulfonamides is 1. The van der Waals surface area contributed by atoms with Crippen molar-refractivity contribution in [2.24, 2.45) is 16.0 Å². The maximum atomic E-state index is 11.4. The molecule has 6 nitrogen and oxygen atoms in total. The first-order valence-corrected chi connectivity index (χ1v) is 12.6. The highest BCUT2D eigenvalue weighted by atomic mass is 127. The molecule has 160 valence electrons. The van der Waals surface area contributed by atoms with Crippen molar-refractivity contribution in [3.8, 4) is 0 Å². The SMILES string of the molecule is CCNC(=NCc1ccc(S(N)(=O)=O)s1)N1CCC(CSc2ccccc2)C1.I. The summed E-state index contributed by atoms with van der Waals surface area (Å²) in [7, 11) is -3.64. The van der Waals surface area contributed by atoms with Crippen LogP contribution in [0.15, 0.2) is 56.6 Å². The molecule has 1 atom stereocenters. The summed E-state index contributed by atoms with van der Waals surface area (Å²) in [6, 6.07) is 13.8. The van der Waals surface area contributed by atoms with Gasteiger partial charge in [-0.05, 0) is 43.5 Å². The van der Waals surface area contributed by atoms with E-state index in [-0.39, 0.29) is 28.2 Å². The highest BCUT2D eigenvalue weighted by molar-refractivity contribution is 14.0. The molecule has 10 heteroatoms. The van der Waals surface area contributed by atoms with E-state index >= 15 is 0 Å². The predicted molar refractivity (Wildman–Crippen MR) is 133 cm³/mol. The predicted octanol–water partition coefficient (Wildman–Crippen LogP) is 3.59. The van der Waals surface area contributed by atoms with Gasteiger partial charge < -0.3 is 10.2 Å². The van der Waals surface area contributed by atoms with Crippen LogP contribution < -0.4 is 10.5 Å². The van der Waals surface area contributed by atoms with Crippen molar-refractivity contribution >= 4 is 63.1 Å². The second-order valence-corrected chi connectivity index (χ2v) is 10.7. The first kappa shape index (κ1) is 24.4. The summed E-state index contributed by atoms with van der Waals surface area (Å²) >= 11 is 3.09. The molecule has 0 saturated carbocycles. The fourth-order valence-corrected chi connectivity index (χ4v) is 5.82. The summed E-state index contributed by atoms with van der Waals surface area (Å²) in [5, 5.41) is 8.54. The van der Waals surface area contributed by atoms with Crippen molar-refractivity contribution in [3.63, 3.8) is 0 Å². The summed E-state index contributed by atoms with van der Waals surface area (Å²) in [5.74, 6) is 2.62. The van der Waals surface area contributed by atoms with Gasteiger partial charge in [-0.1, -0.05) is 18.2 Å². The summed E-state index contributed by atoms with van der Waals surface area (Å²) in [6.07, 6.45) is 1.15. The number of rotatable bonds is 7. The van der Waals surface area contributed by atoms with Gasteiger partial charge in [0, 0.05) is 35.2 Å². The van der Waals surface area contributed by atoms with E-state index in [1.54, 1.807) is 12.1 Å². The van der Waals surface area contributed by atoms with Crippen LogP contribution in [0.1, 0.15) is 18.2 Å². The van der Waals surface area contributed by atoms with Crippen LogP contribution in [0.5, 0.6) is 0 Å². The minimum absolute atomic E-state index is 0. The quantitative estimate of drug-likeness (QED) is 0.232. The number of primary sulfonamides is 1. The molecule has 1 aliphatic heterocycles. The Morgan fingerprint density at radius 3 is 2.72 bits per heavy atom. The number of aliphatic imine (C=N–C) groups is 1. The molecule has 0 amide bonds. The second-order valence-electron chi connectivity index (χ2n) is 6.66. The third kappa shape index (κ3) is 7.42. The number of thioether (sulfide) groups is 1. The van der Waals surface area contributed by atoms with Crippen molar-refractivity contribution in [1.29, 1.82) is 0 Å². The smallest absolute Gasteiger partial charge is 0.247 e. The Labute approximate surface area is 198 Å². The first-order valence-electron chi connectivity index (χ1n) is 9.28. The summed E-state index contributed by atoms with van der Waals surface area (Å²) in [6.45, 7) is 5.27. The lowest BCUT2D eigenvalue weighted by Gasteiger charge is -2.21. The van der Waals surface area contributed by atoms with Gasteiger partial charge in [-0.15, -0.1) is 47.1 Å². The van der Waals surface area contributed by atoms with Crippen LogP contribution in [0.2, 0.25) is 0 Å². The lowest BCUT2D eigenvalue weighted by Crippen LogP contribution is -2.40. The molecule has 3 rings (SSSR count). The van der Waals surface area contributed by atoms with Crippen LogP contribution in [-0.2, 0) is 16.6 Å². The van der Waals surface area contributed by atoms with Crippen LogP contribution in [0, 0.1) is 5.92 Å². The highest BCUT2D eigenvalue weighted by Crippen LogP contribution is 2.26. The van der Waals surface area contributed by atoms with Crippen molar-refractivity contribution < 1.29 is 8.42 Å². The standard InChI is InChI=1S/C19H26N4O2S3.HI/c1-2-21-19(22-12-17-8-9-18(27-17)28(20,24)25)23-11-10-15(13-23)14-26-16-6-4-3-5-7-16;/h3-9,15H,2,10-14H2,1H3,(H,21,22)(H2,20,24,25);1H. The molecule has 1 aromatic heterocycles. The lowest BCUT2D eigenvalue weighted by atomic mass is 10.2. The number of hydrogen-bond donors (Lipinski definition) is 2. The van der Waals surface area contributed by atoms with Gasteiger partial charge >= 0.3 is 0 Å². The largest absolute Gasteiger partial charge is 0.357 e. The molecule has 0 spiro atoms. The number of nitrogens with two attached hydrogens (primary N) is 1. The number of benzene rings is 1. The van der Waals surface area contributed by atoms with E-state index in [9.17, 15) is 8.42 Å². The van der Waals surface area contributed by atoms with E-state index in [0.717, 1.165) is 42.6 Å². The van der Waals surface area contributed by atoms with Crippen molar-refractivity contribution in [2.75, 3.05) is 25.4 Å². The highest BCUT2D eigenvalue weighted by Gasteiger charge is 2.25. The van der Waals surface area contributed by atoms with E-state index < -0.39 is 10.0 Å². The fourth-order valence-electron chi connectivity index (χ4n) is 3.07. The Kier molecular flexibility index (Phi) is 9.73. The molecule has 0 aliphatic carbocycles. The van der Waals surface area contributed by atoms with Crippen LogP contribution in [0.3, 0.4) is 0 Å². The number of hydrogen-bond acceptors (Lipinski definition) is 5. The normalized spacial score (nSPS) is 17.2. The van der Waals surface area contributed by atoms with Crippen LogP contribution in [-0.4, -0.2) is 44.7 Å². The topological polar surface area (TPSA) is 87.8 Å². The molecule has 29 heavy (non-hydrogen) atoms. The summed E-state index contributed by atoms with van der Waals surface area (Å²) < 4.78 is 23.0. The average molecular weight is 567 g/mol. The molecule has 2 aromatic rings. The molecular formula is C19H27IN4O2S3. The Morgan fingerprint density at radius 2 is 2.07 bits per heavy atom. The van der Waals surface area contributed by atoms with E-state index in [0.29, 0.717) is 12.5 Å². The Hall–Kier alpha value is -0.820. The Morgan fingerprint density at radius 1 is 1.31 bits per heavy atom. The van der Waals surface area contributed by atoms with Crippen molar-refractivity contribution in [3.05, 3.63) is 47.3 Å². The zero-order valence-electron chi connectivity index (χ0n) is 16.3. The van der Waals surface area contributed by atoms with Crippen LogP contribution in [0.25, 0.3) is 0 Å². The van der Waals surface area contributed by atoms with Gasteiger partial charge in [0.05, 0.1) is 6.54 Å². The maximum absolute atomic E-state index is 11.4. The molecule has 1 fully saturated rings. The molecule has 2 heterocycles. The molecule has 0 radical (unpaired) electrons. The third-order valence-electron chi connectivity index (χ3n) is 4.45. The van der Waals surface area contributed by atoms with Gasteiger partial charge in [-0.3, -0.25) is 0 Å². The monoisotopic (exact) mass is 566 g/mol. The zero-order chi connectivity index (χ0) is 20.0. The third-order valence-corrected chi connectivity index (χ3v) is 8.20. The molecule has 3 N–H and O–H groups in total. The number of guanidine groups is 1. The van der Waals surface area contributed by atoms with E-state index in [2.05, 4.69) is 41.4 Å². The number of halogens is 1. The number of likely N-dealkylation sites (tertiary alicyclic amines) is 1. The maximum Gasteiger partial charge on any atom is 0.247 e. The summed E-state index contributed by atoms with van der Waals surface area (Å²) in [4.78, 5) is 9.21. The molecule has 1 aromatic carbocycles. The average Bonchev–Trinajstić information content (AvgIpc) is 3.34. The van der Waals surface area contributed by atoms with Crippen LogP contribution in [0.4, 0.5) is 0 Å². The molecule has 1 aliphatic rings. The first-order chi connectivity index (χ1) is 13.5. The lowest BCUT2D eigenvalue weighted by molar-refractivity contribution is 0.474. The van der Waals surface area contributed by atoms with Crippen LogP contribution >= 0.6 is 47.1 Å². The van der Waals surface area contributed by atoms with Gasteiger partial charge in [-0.25, -0.2) is 18.5 Å². The molecular weight excluding hydrogens is 539 g/mol. The van der Waals surface area contributed by atoms with Gasteiger partial charge in [0.25, 0.3) is 0 Å². The van der Waals surface area contributed by atoms with E-state index in [4.69, 9.17) is 10.1 Å². The number of nitrogens with zero attached hydrogens (tertiary/aromatic N) is 2. The second kappa shape index (κ2) is 11.5. The minimum atomic E-state index is -3.64. The van der Waals surface area contributed by atoms with E-state index in [1.807, 2.05) is 17.8 Å². The van der Waals surface area contributed by atoms with Gasteiger partial charge in [0.2, 0.25) is 10.0 Å². The minimum Gasteiger partial charge on any atom is -0.357 e. The van der Waals surface area contributed by atoms with Gasteiger partial charge in [-0.2, -0.15) is 0 Å². The van der Waals surface area contributed by atoms with E-state index in [1.165, 1.54) is 16.2 Å². The molecule has 1 unspecified atom stereocenters. The van der Waals surface area contributed by atoms with Crippen molar-refractivity contribution in [2.45, 2.75) is 29.0 Å². The van der Waals surface area contributed by atoms with Gasteiger partial charge in [0.15, 0.2) is 5.96 Å². The number of thiophene rings is 1. The molecule has 1 saturated heterocycles. The van der Waals surface area contributed by atoms with Crippen molar-refractivity contribution in [1.82, 2.24) is 10.2 Å². The van der Waals surface area contributed by atoms with Gasteiger partial charge in [0.1, 0.15) is 4.21 Å². The zero-order valence-corrected chi connectivity index (χ0v) is 21.1. The Balaban J connectivity index is 0.00000300.